The fourth-order valence-corrected chi connectivity index (χ4v) is 4.20. The van der Waals surface area contributed by atoms with Crippen molar-refractivity contribution >= 4 is 21.6 Å². The van der Waals surface area contributed by atoms with Crippen LogP contribution in [0.25, 0.3) is 0 Å². The van der Waals surface area contributed by atoms with Gasteiger partial charge in [-0.25, -0.2) is 8.42 Å². The highest BCUT2D eigenvalue weighted by atomic mass is 32.2. The van der Waals surface area contributed by atoms with Gasteiger partial charge in [-0.05, 0) is 49.7 Å². The fourth-order valence-electron chi connectivity index (χ4n) is 3.06. The van der Waals surface area contributed by atoms with Gasteiger partial charge in [0.15, 0.2) is 0 Å². The molecule has 1 amide bonds. The number of para-hydroxylation sites is 1. The first-order valence-electron chi connectivity index (χ1n) is 9.44. The number of amides is 1. The molecule has 156 valence electrons. The van der Waals surface area contributed by atoms with Gasteiger partial charge in [-0.2, -0.15) is 0 Å². The lowest BCUT2D eigenvalue weighted by Crippen LogP contribution is -2.27. The third-order valence-electron chi connectivity index (χ3n) is 4.75. The molecular formula is C23H24N2O4S. The molecule has 0 aliphatic heterocycles. The minimum atomic E-state index is -3.75. The van der Waals surface area contributed by atoms with Crippen LogP contribution < -0.4 is 14.8 Å². The Morgan fingerprint density at radius 2 is 1.63 bits per heavy atom. The second-order valence-electron chi connectivity index (χ2n) is 6.89. The molecule has 0 unspecified atom stereocenters. The minimum absolute atomic E-state index is 0.157. The standard InChI is InChI=1S/C23H24N2O4S/c1-16-13-14-18(15-21(16)25-30(27,28)19-9-5-4-6-10-19)23(26)24-17(2)20-11-7-8-12-22(20)29-3/h4-15,17,25H,1-3H3,(H,24,26)/t17-/m0/s1. The molecule has 0 aliphatic rings. The molecule has 0 spiro atoms. The molecule has 1 atom stereocenters. The zero-order chi connectivity index (χ0) is 21.7. The van der Waals surface area contributed by atoms with Crippen molar-refractivity contribution in [1.29, 1.82) is 0 Å². The molecule has 2 N–H and O–H groups in total. The van der Waals surface area contributed by atoms with Gasteiger partial charge in [0.1, 0.15) is 5.75 Å². The second-order valence-corrected chi connectivity index (χ2v) is 8.57. The summed E-state index contributed by atoms with van der Waals surface area (Å²) in [5.41, 5.74) is 2.28. The van der Waals surface area contributed by atoms with Crippen molar-refractivity contribution < 1.29 is 17.9 Å². The fraction of sp³-hybridized carbons (Fsp3) is 0.174. The third kappa shape index (κ3) is 4.80. The van der Waals surface area contributed by atoms with Gasteiger partial charge in [0, 0.05) is 11.1 Å². The lowest BCUT2D eigenvalue weighted by Gasteiger charge is -2.18. The first kappa shape index (κ1) is 21.4. The number of hydrogen-bond donors (Lipinski definition) is 2. The van der Waals surface area contributed by atoms with Gasteiger partial charge in [0.05, 0.1) is 23.7 Å². The van der Waals surface area contributed by atoms with Crippen LogP contribution in [0.2, 0.25) is 0 Å². The van der Waals surface area contributed by atoms with E-state index in [1.165, 1.54) is 12.1 Å². The summed E-state index contributed by atoms with van der Waals surface area (Å²) in [7, 11) is -2.17. The van der Waals surface area contributed by atoms with Gasteiger partial charge in [-0.1, -0.05) is 42.5 Å². The van der Waals surface area contributed by atoms with Crippen molar-refractivity contribution in [2.75, 3.05) is 11.8 Å². The third-order valence-corrected chi connectivity index (χ3v) is 6.13. The number of hydrogen-bond acceptors (Lipinski definition) is 4. The summed E-state index contributed by atoms with van der Waals surface area (Å²) in [5, 5.41) is 2.93. The number of aryl methyl sites for hydroxylation is 1. The van der Waals surface area contributed by atoms with Crippen LogP contribution in [-0.4, -0.2) is 21.4 Å². The van der Waals surface area contributed by atoms with E-state index in [4.69, 9.17) is 4.74 Å². The van der Waals surface area contributed by atoms with E-state index in [1.54, 1.807) is 50.4 Å². The van der Waals surface area contributed by atoms with Gasteiger partial charge in [-0.3, -0.25) is 9.52 Å². The topological polar surface area (TPSA) is 84.5 Å². The van der Waals surface area contributed by atoms with Gasteiger partial charge < -0.3 is 10.1 Å². The smallest absolute Gasteiger partial charge is 0.261 e. The maximum atomic E-state index is 12.8. The summed E-state index contributed by atoms with van der Waals surface area (Å²) in [5.74, 6) is 0.374. The Bertz CT molecular complexity index is 1140. The molecule has 3 rings (SSSR count). The van der Waals surface area contributed by atoms with E-state index < -0.39 is 10.0 Å². The predicted molar refractivity (Wildman–Crippen MR) is 117 cm³/mol. The molecule has 0 fully saturated rings. The Kier molecular flexibility index (Phi) is 6.42. The van der Waals surface area contributed by atoms with Gasteiger partial charge in [0.25, 0.3) is 15.9 Å². The SMILES string of the molecule is COc1ccccc1[C@H](C)NC(=O)c1ccc(C)c(NS(=O)(=O)c2ccccc2)c1. The molecular weight excluding hydrogens is 400 g/mol. The lowest BCUT2D eigenvalue weighted by atomic mass is 10.1. The molecule has 3 aromatic rings. The normalized spacial score (nSPS) is 12.1. The maximum Gasteiger partial charge on any atom is 0.261 e. The van der Waals surface area contributed by atoms with Crippen molar-refractivity contribution in [1.82, 2.24) is 5.32 Å². The highest BCUT2D eigenvalue weighted by molar-refractivity contribution is 7.92. The average Bonchev–Trinajstić information content (AvgIpc) is 2.75. The Morgan fingerprint density at radius 3 is 2.33 bits per heavy atom. The molecule has 0 saturated carbocycles. The van der Waals surface area contributed by atoms with Crippen LogP contribution in [0.1, 0.15) is 34.5 Å². The van der Waals surface area contributed by atoms with E-state index in [-0.39, 0.29) is 16.8 Å². The Morgan fingerprint density at radius 1 is 0.967 bits per heavy atom. The van der Waals surface area contributed by atoms with E-state index in [9.17, 15) is 13.2 Å². The highest BCUT2D eigenvalue weighted by Gasteiger charge is 2.18. The monoisotopic (exact) mass is 424 g/mol. The Labute approximate surface area is 177 Å². The van der Waals surface area contributed by atoms with Crippen LogP contribution in [-0.2, 0) is 10.0 Å². The number of nitrogens with one attached hydrogen (secondary N) is 2. The van der Waals surface area contributed by atoms with Crippen molar-refractivity contribution in [3.8, 4) is 5.75 Å². The summed E-state index contributed by atoms with van der Waals surface area (Å²) in [6.45, 7) is 3.64. The van der Waals surface area contributed by atoms with Crippen molar-refractivity contribution in [3.05, 3.63) is 89.5 Å². The summed E-state index contributed by atoms with van der Waals surface area (Å²) in [4.78, 5) is 13.0. The van der Waals surface area contributed by atoms with Crippen LogP contribution in [0.5, 0.6) is 5.75 Å². The molecule has 30 heavy (non-hydrogen) atoms. The van der Waals surface area contributed by atoms with Gasteiger partial charge in [0.2, 0.25) is 0 Å². The van der Waals surface area contributed by atoms with Crippen LogP contribution in [0, 0.1) is 6.92 Å². The Balaban J connectivity index is 1.81. The van der Waals surface area contributed by atoms with Crippen LogP contribution >= 0.6 is 0 Å². The van der Waals surface area contributed by atoms with Crippen LogP contribution in [0.3, 0.4) is 0 Å². The molecule has 0 radical (unpaired) electrons. The van der Waals surface area contributed by atoms with Crippen LogP contribution in [0.4, 0.5) is 5.69 Å². The quantitative estimate of drug-likeness (QED) is 0.592. The van der Waals surface area contributed by atoms with E-state index in [0.717, 1.165) is 5.56 Å². The van der Waals surface area contributed by atoms with E-state index in [1.807, 2.05) is 31.2 Å². The highest BCUT2D eigenvalue weighted by Crippen LogP contribution is 2.25. The molecule has 0 saturated heterocycles. The van der Waals surface area contributed by atoms with E-state index in [2.05, 4.69) is 10.0 Å². The first-order chi connectivity index (χ1) is 14.3. The summed E-state index contributed by atoms with van der Waals surface area (Å²) >= 11 is 0. The molecule has 6 nitrogen and oxygen atoms in total. The zero-order valence-corrected chi connectivity index (χ0v) is 17.9. The van der Waals surface area contributed by atoms with E-state index >= 15 is 0 Å². The number of anilines is 1. The van der Waals surface area contributed by atoms with Gasteiger partial charge >= 0.3 is 0 Å². The van der Waals surface area contributed by atoms with Crippen LogP contribution in [0.15, 0.2) is 77.7 Å². The Hall–Kier alpha value is -3.32. The van der Waals surface area contributed by atoms with E-state index in [0.29, 0.717) is 22.6 Å². The number of methoxy groups -OCH3 is 1. The summed E-state index contributed by atoms with van der Waals surface area (Å²) < 4.78 is 33.2. The van der Waals surface area contributed by atoms with Crippen molar-refractivity contribution in [3.63, 3.8) is 0 Å². The maximum absolute atomic E-state index is 12.8. The number of ether oxygens (including phenoxy) is 1. The van der Waals surface area contributed by atoms with Gasteiger partial charge in [-0.15, -0.1) is 0 Å². The summed E-state index contributed by atoms with van der Waals surface area (Å²) in [6.07, 6.45) is 0. The largest absolute Gasteiger partial charge is 0.496 e. The van der Waals surface area contributed by atoms with Crippen molar-refractivity contribution in [2.24, 2.45) is 0 Å². The number of sulfonamides is 1. The summed E-state index contributed by atoms with van der Waals surface area (Å²) in [6, 6.07) is 20.2. The molecule has 0 bridgehead atoms. The minimum Gasteiger partial charge on any atom is -0.496 e. The molecule has 7 heteroatoms. The number of rotatable bonds is 7. The number of carbonyl (C=O) groups excluding carboxylic acids is 1. The second kappa shape index (κ2) is 9.00. The number of carbonyl (C=O) groups is 1. The molecule has 0 aliphatic carbocycles. The molecule has 0 heterocycles. The average molecular weight is 425 g/mol. The lowest BCUT2D eigenvalue weighted by molar-refractivity contribution is 0.0939. The number of benzene rings is 3. The predicted octanol–water partition coefficient (Wildman–Crippen LogP) is 4.30. The first-order valence-corrected chi connectivity index (χ1v) is 10.9. The zero-order valence-electron chi connectivity index (χ0n) is 17.0. The van der Waals surface area contributed by atoms with Crippen molar-refractivity contribution in [2.45, 2.75) is 24.8 Å². The molecule has 3 aromatic carbocycles. The molecule has 0 aromatic heterocycles.